The Morgan fingerprint density at radius 1 is 0.971 bits per heavy atom. The van der Waals surface area contributed by atoms with E-state index in [1.807, 2.05) is 30.3 Å². The smallest absolute Gasteiger partial charge is 0.433 e. The van der Waals surface area contributed by atoms with Crippen LogP contribution < -0.4 is 0 Å². The molecular formula is C28H23F3N2O2. The van der Waals surface area contributed by atoms with Crippen LogP contribution in [-0.4, -0.2) is 34.7 Å². The fraction of sp³-hybridized carbons (Fsp3) is 0.286. The average Bonchev–Trinajstić information content (AvgIpc) is 3.32. The van der Waals surface area contributed by atoms with Gasteiger partial charge in [-0.25, -0.2) is 4.79 Å². The molecule has 2 aliphatic heterocycles. The van der Waals surface area contributed by atoms with Crippen LogP contribution in [0.5, 0.6) is 0 Å². The number of hydrogen-bond acceptors (Lipinski definition) is 3. The van der Waals surface area contributed by atoms with Crippen LogP contribution in [-0.2, 0) is 10.9 Å². The summed E-state index contributed by atoms with van der Waals surface area (Å²) in [5.74, 6) is -0.00174. The molecule has 7 heteroatoms. The second kappa shape index (κ2) is 8.26. The lowest BCUT2D eigenvalue weighted by molar-refractivity contribution is -0.141. The lowest BCUT2D eigenvalue weighted by Crippen LogP contribution is -2.43. The molecule has 3 aromatic rings. The first-order valence-corrected chi connectivity index (χ1v) is 11.8. The quantitative estimate of drug-likeness (QED) is 0.424. The van der Waals surface area contributed by atoms with Crippen molar-refractivity contribution in [1.82, 2.24) is 9.88 Å². The van der Waals surface area contributed by atoms with Gasteiger partial charge in [0.05, 0.1) is 6.04 Å². The van der Waals surface area contributed by atoms with Crippen molar-refractivity contribution in [3.05, 3.63) is 95.3 Å². The van der Waals surface area contributed by atoms with Crippen LogP contribution in [0.15, 0.2) is 72.9 Å². The van der Waals surface area contributed by atoms with Crippen LogP contribution in [0.25, 0.3) is 16.7 Å². The van der Waals surface area contributed by atoms with Crippen molar-refractivity contribution in [2.45, 2.75) is 43.4 Å². The van der Waals surface area contributed by atoms with Crippen LogP contribution in [0.2, 0.25) is 0 Å². The third kappa shape index (κ3) is 3.79. The Balaban J connectivity index is 1.18. The molecule has 6 rings (SSSR count). The van der Waals surface area contributed by atoms with E-state index in [4.69, 9.17) is 4.74 Å². The molecule has 2 aromatic carbocycles. The standard InChI is InChI=1S/C28H23F3N2O2/c29-28(30,31)26-12-9-17(15-32-26)18-13-19-10-11-20(14-18)33(19)27(34)35-16-25-23-7-3-1-5-21(23)22-6-2-4-8-24(22)25/h1-9,12-13,15,19-20,25H,10-11,14,16H2. The van der Waals surface area contributed by atoms with Gasteiger partial charge in [-0.3, -0.25) is 9.88 Å². The molecule has 1 fully saturated rings. The Morgan fingerprint density at radius 2 is 1.66 bits per heavy atom. The van der Waals surface area contributed by atoms with Crippen LogP contribution in [0.3, 0.4) is 0 Å². The van der Waals surface area contributed by atoms with Gasteiger partial charge < -0.3 is 4.74 Å². The number of benzene rings is 2. The number of amides is 1. The van der Waals surface area contributed by atoms with Crippen molar-refractivity contribution < 1.29 is 22.7 Å². The highest BCUT2D eigenvalue weighted by atomic mass is 19.4. The Bertz CT molecular complexity index is 1270. The fourth-order valence-corrected chi connectivity index (χ4v) is 5.75. The molecule has 0 saturated carbocycles. The average molecular weight is 476 g/mol. The van der Waals surface area contributed by atoms with Crippen LogP contribution in [0.1, 0.15) is 47.6 Å². The minimum absolute atomic E-state index is 0.00174. The predicted molar refractivity (Wildman–Crippen MR) is 126 cm³/mol. The highest BCUT2D eigenvalue weighted by molar-refractivity contribution is 5.79. The number of aromatic nitrogens is 1. The molecule has 1 aliphatic carbocycles. The van der Waals surface area contributed by atoms with E-state index in [1.54, 1.807) is 4.90 Å². The number of carbonyl (C=O) groups is 1. The van der Waals surface area contributed by atoms with Gasteiger partial charge in [-0.2, -0.15) is 13.2 Å². The van der Waals surface area contributed by atoms with Gasteiger partial charge >= 0.3 is 12.3 Å². The summed E-state index contributed by atoms with van der Waals surface area (Å²) in [7, 11) is 0. The normalized spacial score (nSPS) is 20.9. The first-order chi connectivity index (χ1) is 16.9. The largest absolute Gasteiger partial charge is 0.448 e. The molecule has 1 saturated heterocycles. The Labute approximate surface area is 201 Å². The molecule has 0 N–H and O–H groups in total. The van der Waals surface area contributed by atoms with Crippen LogP contribution >= 0.6 is 0 Å². The van der Waals surface area contributed by atoms with Crippen molar-refractivity contribution >= 4 is 11.7 Å². The van der Waals surface area contributed by atoms with Crippen molar-refractivity contribution in [3.63, 3.8) is 0 Å². The van der Waals surface area contributed by atoms with Gasteiger partial charge in [0.2, 0.25) is 0 Å². The topological polar surface area (TPSA) is 42.4 Å². The second-order valence-corrected chi connectivity index (χ2v) is 9.34. The van der Waals surface area contributed by atoms with E-state index < -0.39 is 11.9 Å². The van der Waals surface area contributed by atoms with Gasteiger partial charge in [-0.15, -0.1) is 0 Å². The molecular weight excluding hydrogens is 453 g/mol. The van der Waals surface area contributed by atoms with E-state index in [1.165, 1.54) is 34.5 Å². The lowest BCUT2D eigenvalue weighted by Gasteiger charge is -2.33. The minimum Gasteiger partial charge on any atom is -0.448 e. The lowest BCUT2D eigenvalue weighted by atomic mass is 9.96. The van der Waals surface area contributed by atoms with Crippen molar-refractivity contribution in [3.8, 4) is 11.1 Å². The maximum atomic E-state index is 13.2. The van der Waals surface area contributed by atoms with Crippen molar-refractivity contribution in [2.75, 3.05) is 6.61 Å². The second-order valence-electron chi connectivity index (χ2n) is 9.34. The van der Waals surface area contributed by atoms with Crippen LogP contribution in [0.4, 0.5) is 18.0 Å². The number of fused-ring (bicyclic) bond motifs is 5. The number of halogens is 3. The SMILES string of the molecule is O=C(OCC1c2ccccc2-c2ccccc21)N1C2C=C(c3ccc(C(F)(F)F)nc3)CC1CC2. The fourth-order valence-electron chi connectivity index (χ4n) is 5.75. The summed E-state index contributed by atoms with van der Waals surface area (Å²) in [6, 6.07) is 18.8. The summed E-state index contributed by atoms with van der Waals surface area (Å²) < 4.78 is 44.4. The highest BCUT2D eigenvalue weighted by Gasteiger charge is 2.41. The van der Waals surface area contributed by atoms with Gasteiger partial charge in [0, 0.05) is 18.2 Å². The third-order valence-corrected chi connectivity index (χ3v) is 7.37. The minimum atomic E-state index is -4.46. The molecule has 2 atom stereocenters. The number of rotatable bonds is 3. The zero-order valence-electron chi connectivity index (χ0n) is 18.8. The highest BCUT2D eigenvalue weighted by Crippen LogP contribution is 2.45. The van der Waals surface area contributed by atoms with E-state index in [0.29, 0.717) is 12.0 Å². The van der Waals surface area contributed by atoms with E-state index in [-0.39, 0.29) is 30.7 Å². The van der Waals surface area contributed by atoms with Gasteiger partial charge in [-0.1, -0.05) is 60.7 Å². The predicted octanol–water partition coefficient (Wildman–Crippen LogP) is 6.67. The van der Waals surface area contributed by atoms with E-state index in [2.05, 4.69) is 29.2 Å². The molecule has 2 bridgehead atoms. The molecule has 1 amide bonds. The van der Waals surface area contributed by atoms with Gasteiger partial charge in [0.25, 0.3) is 0 Å². The molecule has 0 spiro atoms. The Kier molecular flexibility index (Phi) is 5.16. The van der Waals surface area contributed by atoms with E-state index >= 15 is 0 Å². The molecule has 4 nitrogen and oxygen atoms in total. The van der Waals surface area contributed by atoms with Crippen molar-refractivity contribution in [2.24, 2.45) is 0 Å². The molecule has 3 heterocycles. The summed E-state index contributed by atoms with van der Waals surface area (Å²) in [4.78, 5) is 18.6. The van der Waals surface area contributed by atoms with Gasteiger partial charge in [-0.05, 0) is 58.7 Å². The van der Waals surface area contributed by atoms with Gasteiger partial charge in [0.15, 0.2) is 0 Å². The summed E-state index contributed by atoms with van der Waals surface area (Å²) in [6.07, 6.45) is 0.689. The molecule has 1 aromatic heterocycles. The Morgan fingerprint density at radius 3 is 2.26 bits per heavy atom. The number of hydrogen-bond donors (Lipinski definition) is 0. The zero-order chi connectivity index (χ0) is 24.2. The van der Waals surface area contributed by atoms with E-state index in [0.717, 1.165) is 24.5 Å². The molecule has 178 valence electrons. The number of nitrogens with zero attached hydrogens (tertiary/aromatic N) is 2. The summed E-state index contributed by atoms with van der Waals surface area (Å²) in [5.41, 5.74) is 5.39. The third-order valence-electron chi connectivity index (χ3n) is 7.37. The molecule has 35 heavy (non-hydrogen) atoms. The molecule has 3 aliphatic rings. The van der Waals surface area contributed by atoms with Gasteiger partial charge in [0.1, 0.15) is 12.3 Å². The molecule has 2 unspecified atom stereocenters. The monoisotopic (exact) mass is 476 g/mol. The number of ether oxygens (including phenoxy) is 1. The first-order valence-electron chi connectivity index (χ1n) is 11.8. The number of pyridine rings is 1. The number of carbonyl (C=O) groups excluding carboxylic acids is 1. The van der Waals surface area contributed by atoms with Crippen LogP contribution in [0, 0.1) is 0 Å². The number of alkyl halides is 3. The first kappa shape index (κ1) is 21.9. The Hall–Kier alpha value is -3.61. The van der Waals surface area contributed by atoms with E-state index in [9.17, 15) is 18.0 Å². The summed E-state index contributed by atoms with van der Waals surface area (Å²) >= 11 is 0. The summed E-state index contributed by atoms with van der Waals surface area (Å²) in [5, 5.41) is 0. The maximum Gasteiger partial charge on any atom is 0.433 e. The van der Waals surface area contributed by atoms with Crippen molar-refractivity contribution in [1.29, 1.82) is 0 Å². The maximum absolute atomic E-state index is 13.2. The zero-order valence-corrected chi connectivity index (χ0v) is 18.8. The summed E-state index contributed by atoms with van der Waals surface area (Å²) in [6.45, 7) is 0.266. The molecule has 0 radical (unpaired) electrons.